The SMILES string of the molecule is Cc1ccc(S(=O)(=O)O[C@H]2C[C@H](C(=O)O)N(C(=O)OC(C)(C)C)C2)cc1. The molecule has 26 heavy (non-hydrogen) atoms. The van der Waals surface area contributed by atoms with Crippen LogP contribution in [0.1, 0.15) is 32.8 Å². The van der Waals surface area contributed by atoms with Crippen molar-refractivity contribution in [1.29, 1.82) is 0 Å². The molecular weight excluding hydrogens is 362 g/mol. The highest BCUT2D eigenvalue weighted by atomic mass is 32.2. The molecule has 1 saturated heterocycles. The molecule has 0 aliphatic carbocycles. The molecule has 1 fully saturated rings. The van der Waals surface area contributed by atoms with E-state index in [-0.39, 0.29) is 17.9 Å². The van der Waals surface area contributed by atoms with Gasteiger partial charge in [-0.1, -0.05) is 17.7 Å². The number of hydrogen-bond donors (Lipinski definition) is 1. The number of benzene rings is 1. The molecule has 1 aromatic rings. The van der Waals surface area contributed by atoms with Gasteiger partial charge in [0.1, 0.15) is 11.6 Å². The summed E-state index contributed by atoms with van der Waals surface area (Å²) >= 11 is 0. The van der Waals surface area contributed by atoms with Crippen molar-refractivity contribution < 1.29 is 32.0 Å². The van der Waals surface area contributed by atoms with Crippen molar-refractivity contribution in [2.45, 2.75) is 56.8 Å². The van der Waals surface area contributed by atoms with E-state index in [1.165, 1.54) is 12.1 Å². The molecule has 144 valence electrons. The predicted molar refractivity (Wildman–Crippen MR) is 92.2 cm³/mol. The van der Waals surface area contributed by atoms with E-state index in [9.17, 15) is 23.1 Å². The maximum absolute atomic E-state index is 12.4. The summed E-state index contributed by atoms with van der Waals surface area (Å²) in [6.07, 6.45) is -1.92. The number of amides is 1. The van der Waals surface area contributed by atoms with Crippen molar-refractivity contribution >= 4 is 22.2 Å². The number of nitrogens with zero attached hydrogens (tertiary/aromatic N) is 1. The number of likely N-dealkylation sites (tertiary alicyclic amines) is 1. The van der Waals surface area contributed by atoms with Crippen LogP contribution in [0.4, 0.5) is 4.79 Å². The van der Waals surface area contributed by atoms with Crippen LogP contribution in [0, 0.1) is 6.92 Å². The average molecular weight is 385 g/mol. The van der Waals surface area contributed by atoms with Crippen LogP contribution in [0.5, 0.6) is 0 Å². The second-order valence-electron chi connectivity index (χ2n) is 7.21. The van der Waals surface area contributed by atoms with Crippen molar-refractivity contribution in [1.82, 2.24) is 4.90 Å². The summed E-state index contributed by atoms with van der Waals surface area (Å²) in [6, 6.07) is 4.90. The van der Waals surface area contributed by atoms with E-state index in [4.69, 9.17) is 8.92 Å². The average Bonchev–Trinajstić information content (AvgIpc) is 2.89. The highest BCUT2D eigenvalue weighted by Crippen LogP contribution is 2.26. The van der Waals surface area contributed by atoms with Gasteiger partial charge in [-0.2, -0.15) is 8.42 Å². The molecule has 1 amide bonds. The predicted octanol–water partition coefficient (Wildman–Crippen LogP) is 2.16. The maximum atomic E-state index is 12.4. The summed E-state index contributed by atoms with van der Waals surface area (Å²) in [7, 11) is -4.07. The van der Waals surface area contributed by atoms with Crippen molar-refractivity contribution in [3.63, 3.8) is 0 Å². The zero-order valence-corrected chi connectivity index (χ0v) is 15.9. The van der Waals surface area contributed by atoms with E-state index < -0.39 is 39.9 Å². The third-order valence-corrected chi connectivity index (χ3v) is 5.12. The smallest absolute Gasteiger partial charge is 0.411 e. The zero-order valence-electron chi connectivity index (χ0n) is 15.1. The summed E-state index contributed by atoms with van der Waals surface area (Å²) in [4.78, 5) is 24.6. The number of aliphatic carboxylic acids is 1. The van der Waals surface area contributed by atoms with Gasteiger partial charge < -0.3 is 9.84 Å². The van der Waals surface area contributed by atoms with Crippen LogP contribution < -0.4 is 0 Å². The van der Waals surface area contributed by atoms with Crippen LogP contribution in [-0.4, -0.2) is 54.8 Å². The molecule has 1 heterocycles. The Morgan fingerprint density at radius 1 is 1.19 bits per heavy atom. The first-order valence-corrected chi connectivity index (χ1v) is 9.52. The number of rotatable bonds is 4. The Bertz CT molecular complexity index is 780. The topological polar surface area (TPSA) is 110 Å². The number of carboxylic acids is 1. The van der Waals surface area contributed by atoms with Crippen molar-refractivity contribution in [2.24, 2.45) is 0 Å². The number of aryl methyl sites for hydroxylation is 1. The summed E-state index contributed by atoms with van der Waals surface area (Å²) in [5.74, 6) is -1.24. The fourth-order valence-electron chi connectivity index (χ4n) is 2.56. The second kappa shape index (κ2) is 7.24. The second-order valence-corrected chi connectivity index (χ2v) is 8.78. The lowest BCUT2D eigenvalue weighted by Gasteiger charge is -2.26. The monoisotopic (exact) mass is 385 g/mol. The van der Waals surface area contributed by atoms with E-state index >= 15 is 0 Å². The van der Waals surface area contributed by atoms with Gasteiger partial charge in [0, 0.05) is 6.42 Å². The lowest BCUT2D eigenvalue weighted by molar-refractivity contribution is -0.142. The molecule has 1 N–H and O–H groups in total. The van der Waals surface area contributed by atoms with Gasteiger partial charge in [-0.25, -0.2) is 9.59 Å². The van der Waals surface area contributed by atoms with E-state index in [1.54, 1.807) is 32.9 Å². The third kappa shape index (κ3) is 4.95. The molecule has 0 aromatic heterocycles. The number of carbonyl (C=O) groups excluding carboxylic acids is 1. The third-order valence-electron chi connectivity index (χ3n) is 3.75. The van der Waals surface area contributed by atoms with Crippen LogP contribution in [0.15, 0.2) is 29.2 Å². The number of carboxylic acid groups (broad SMARTS) is 1. The largest absolute Gasteiger partial charge is 0.480 e. The molecule has 1 aliphatic rings. The first kappa shape index (κ1) is 20.2. The Balaban J connectivity index is 2.15. The Labute approximate surface area is 152 Å². The molecule has 0 bridgehead atoms. The Kier molecular flexibility index (Phi) is 5.62. The molecular formula is C17H23NO7S. The molecule has 1 aliphatic heterocycles. The molecule has 2 atom stereocenters. The van der Waals surface area contributed by atoms with E-state index in [0.29, 0.717) is 0 Å². The van der Waals surface area contributed by atoms with Crippen LogP contribution in [0.3, 0.4) is 0 Å². The van der Waals surface area contributed by atoms with Crippen LogP contribution >= 0.6 is 0 Å². The van der Waals surface area contributed by atoms with Gasteiger partial charge in [0.25, 0.3) is 10.1 Å². The quantitative estimate of drug-likeness (QED) is 0.791. The minimum Gasteiger partial charge on any atom is -0.480 e. The minimum absolute atomic E-state index is 0.0225. The summed E-state index contributed by atoms with van der Waals surface area (Å²) in [5, 5.41) is 9.34. The van der Waals surface area contributed by atoms with E-state index in [0.717, 1.165) is 10.5 Å². The molecule has 0 saturated carbocycles. The summed E-state index contributed by atoms with van der Waals surface area (Å²) in [5.41, 5.74) is 0.0967. The Morgan fingerprint density at radius 3 is 2.27 bits per heavy atom. The lowest BCUT2D eigenvalue weighted by Crippen LogP contribution is -2.43. The van der Waals surface area contributed by atoms with Crippen molar-refractivity contribution in [2.75, 3.05) is 6.54 Å². The van der Waals surface area contributed by atoms with Gasteiger partial charge in [0.2, 0.25) is 0 Å². The van der Waals surface area contributed by atoms with E-state index in [2.05, 4.69) is 0 Å². The first-order valence-electron chi connectivity index (χ1n) is 8.11. The van der Waals surface area contributed by atoms with Gasteiger partial charge in [-0.3, -0.25) is 9.08 Å². The molecule has 0 unspecified atom stereocenters. The Hall–Kier alpha value is -2.13. The van der Waals surface area contributed by atoms with Gasteiger partial charge >= 0.3 is 12.1 Å². The summed E-state index contributed by atoms with van der Waals surface area (Å²) < 4.78 is 35.1. The first-order chi connectivity index (χ1) is 11.9. The highest BCUT2D eigenvalue weighted by Gasteiger charge is 2.43. The fourth-order valence-corrected chi connectivity index (χ4v) is 3.64. The van der Waals surface area contributed by atoms with Crippen molar-refractivity contribution in [3.8, 4) is 0 Å². The molecule has 8 nitrogen and oxygen atoms in total. The van der Waals surface area contributed by atoms with Gasteiger partial charge in [0.05, 0.1) is 17.5 Å². The molecule has 0 spiro atoms. The number of carbonyl (C=O) groups is 2. The molecule has 2 rings (SSSR count). The van der Waals surface area contributed by atoms with Crippen LogP contribution in [-0.2, 0) is 23.8 Å². The maximum Gasteiger partial charge on any atom is 0.411 e. The number of hydrogen-bond acceptors (Lipinski definition) is 6. The zero-order chi connectivity index (χ0) is 19.7. The van der Waals surface area contributed by atoms with Crippen LogP contribution in [0.25, 0.3) is 0 Å². The molecule has 9 heteroatoms. The highest BCUT2D eigenvalue weighted by molar-refractivity contribution is 7.86. The normalized spacial score (nSPS) is 20.8. The fraction of sp³-hybridized carbons (Fsp3) is 0.529. The van der Waals surface area contributed by atoms with E-state index in [1.807, 2.05) is 6.92 Å². The molecule has 0 radical (unpaired) electrons. The van der Waals surface area contributed by atoms with Gasteiger partial charge in [0.15, 0.2) is 0 Å². The van der Waals surface area contributed by atoms with Gasteiger partial charge in [-0.15, -0.1) is 0 Å². The Morgan fingerprint density at radius 2 is 1.77 bits per heavy atom. The standard InChI is InChI=1S/C17H23NO7S/c1-11-5-7-13(8-6-11)26(22,23)25-12-9-14(15(19)20)18(10-12)16(21)24-17(2,3)4/h5-8,12,14H,9-10H2,1-4H3,(H,19,20)/t12-,14+/m0/s1. The van der Waals surface area contributed by atoms with Gasteiger partial charge in [-0.05, 0) is 39.8 Å². The molecule has 1 aromatic carbocycles. The lowest BCUT2D eigenvalue weighted by atomic mass is 10.2. The van der Waals surface area contributed by atoms with Crippen LogP contribution in [0.2, 0.25) is 0 Å². The summed E-state index contributed by atoms with van der Waals surface area (Å²) in [6.45, 7) is 6.62. The van der Waals surface area contributed by atoms with Crippen molar-refractivity contribution in [3.05, 3.63) is 29.8 Å². The minimum atomic E-state index is -4.07. The number of ether oxygens (including phenoxy) is 1.